The number of carbonyl (C=O) groups is 1. The van der Waals surface area contributed by atoms with Gasteiger partial charge in [-0.2, -0.15) is 0 Å². The lowest BCUT2D eigenvalue weighted by Gasteiger charge is -2.58. The molecule has 0 radical (unpaired) electrons. The fourth-order valence-corrected chi connectivity index (χ4v) is 9.69. The van der Waals surface area contributed by atoms with Crippen LogP contribution in [0.3, 0.4) is 0 Å². The number of allylic oxidation sites excluding steroid dienone is 1. The standard InChI is InChI=1S/C30H49NO3/c1-20(5-10-27(34)31-16-15-28(2,18-31)19-32)24-8-9-25-23-7-6-21-17-22(33)11-13-29(21,3)26(23)12-14-30(24,25)4/h6,20,22-26,32-33H,5,7-19H2,1-4H3/t20?,22-,23-,24+,25-,26-,28+,29-,30+/m0/s1. The molecule has 1 amide bonds. The van der Waals surface area contributed by atoms with Crippen molar-refractivity contribution < 1.29 is 15.0 Å². The lowest BCUT2D eigenvalue weighted by molar-refractivity contribution is -0.131. The van der Waals surface area contributed by atoms with Gasteiger partial charge in [-0.15, -0.1) is 0 Å². The maximum Gasteiger partial charge on any atom is 0.222 e. The first-order chi connectivity index (χ1) is 16.1. The van der Waals surface area contributed by atoms with Crippen molar-refractivity contribution in [3.8, 4) is 0 Å². The first kappa shape index (κ1) is 24.8. The number of nitrogens with zero attached hydrogens (tertiary/aromatic N) is 1. The third-order valence-electron chi connectivity index (χ3n) is 11.9. The molecule has 2 N–H and O–H groups in total. The average molecular weight is 472 g/mol. The second-order valence-electron chi connectivity index (χ2n) is 13.9. The van der Waals surface area contributed by atoms with Crippen LogP contribution in [0.15, 0.2) is 11.6 Å². The van der Waals surface area contributed by atoms with Crippen molar-refractivity contribution in [3.05, 3.63) is 11.6 Å². The van der Waals surface area contributed by atoms with Gasteiger partial charge in [0.2, 0.25) is 5.91 Å². The highest BCUT2D eigenvalue weighted by Gasteiger charge is 2.59. The summed E-state index contributed by atoms with van der Waals surface area (Å²) in [5, 5.41) is 19.9. The molecule has 34 heavy (non-hydrogen) atoms. The zero-order valence-electron chi connectivity index (χ0n) is 22.2. The Hall–Kier alpha value is -0.870. The van der Waals surface area contributed by atoms with Crippen molar-refractivity contribution in [3.63, 3.8) is 0 Å². The summed E-state index contributed by atoms with van der Waals surface area (Å²) in [6.45, 7) is 11.3. The largest absolute Gasteiger partial charge is 0.396 e. The van der Waals surface area contributed by atoms with E-state index in [1.807, 2.05) is 4.90 Å². The van der Waals surface area contributed by atoms with Gasteiger partial charge in [-0.25, -0.2) is 0 Å². The van der Waals surface area contributed by atoms with E-state index in [0.717, 1.165) is 55.9 Å². The van der Waals surface area contributed by atoms with Crippen LogP contribution < -0.4 is 0 Å². The van der Waals surface area contributed by atoms with E-state index in [2.05, 4.69) is 33.8 Å². The van der Waals surface area contributed by atoms with E-state index in [1.54, 1.807) is 5.57 Å². The molecule has 4 heteroatoms. The quantitative estimate of drug-likeness (QED) is 0.515. The molecule has 0 bridgehead atoms. The summed E-state index contributed by atoms with van der Waals surface area (Å²) in [4.78, 5) is 14.9. The Kier molecular flexibility index (Phi) is 6.50. The Morgan fingerprint density at radius 3 is 2.65 bits per heavy atom. The minimum atomic E-state index is -0.123. The molecule has 9 atom stereocenters. The average Bonchev–Trinajstić information content (AvgIpc) is 3.38. The summed E-state index contributed by atoms with van der Waals surface area (Å²) in [7, 11) is 0. The molecule has 1 aliphatic heterocycles. The number of carbonyl (C=O) groups excluding carboxylic acids is 1. The molecule has 1 saturated heterocycles. The Morgan fingerprint density at radius 1 is 1.12 bits per heavy atom. The molecule has 0 aromatic carbocycles. The van der Waals surface area contributed by atoms with Gasteiger partial charge in [0, 0.05) is 24.9 Å². The van der Waals surface area contributed by atoms with E-state index in [4.69, 9.17) is 0 Å². The van der Waals surface area contributed by atoms with Gasteiger partial charge in [0.1, 0.15) is 0 Å². The van der Waals surface area contributed by atoms with Crippen molar-refractivity contribution in [2.24, 2.45) is 45.8 Å². The van der Waals surface area contributed by atoms with Crippen LogP contribution in [0.1, 0.15) is 98.3 Å². The smallest absolute Gasteiger partial charge is 0.222 e. The fourth-order valence-electron chi connectivity index (χ4n) is 9.69. The van der Waals surface area contributed by atoms with E-state index in [1.165, 1.54) is 38.5 Å². The van der Waals surface area contributed by atoms with Crippen molar-refractivity contribution >= 4 is 5.91 Å². The number of fused-ring (bicyclic) bond motifs is 5. The van der Waals surface area contributed by atoms with E-state index in [0.29, 0.717) is 35.6 Å². The lowest BCUT2D eigenvalue weighted by atomic mass is 9.47. The fraction of sp³-hybridized carbons (Fsp3) is 0.900. The Labute approximate surface area is 207 Å². The molecule has 1 unspecified atom stereocenters. The highest BCUT2D eigenvalue weighted by atomic mass is 16.3. The van der Waals surface area contributed by atoms with Crippen LogP contribution in [-0.2, 0) is 4.79 Å². The third kappa shape index (κ3) is 3.99. The summed E-state index contributed by atoms with van der Waals surface area (Å²) in [6, 6.07) is 0. The minimum absolute atomic E-state index is 0.104. The second-order valence-corrected chi connectivity index (χ2v) is 13.9. The van der Waals surface area contributed by atoms with Crippen molar-refractivity contribution in [1.29, 1.82) is 0 Å². The van der Waals surface area contributed by atoms with Gasteiger partial charge in [-0.1, -0.05) is 39.3 Å². The van der Waals surface area contributed by atoms with E-state index < -0.39 is 0 Å². The number of aliphatic hydroxyl groups excluding tert-OH is 2. The highest BCUT2D eigenvalue weighted by Crippen LogP contribution is 2.67. The Morgan fingerprint density at radius 2 is 1.91 bits per heavy atom. The van der Waals surface area contributed by atoms with Crippen LogP contribution in [-0.4, -0.2) is 46.8 Å². The molecule has 0 spiro atoms. The Balaban J connectivity index is 1.23. The molecule has 4 aliphatic carbocycles. The number of hydrogen-bond acceptors (Lipinski definition) is 3. The summed E-state index contributed by atoms with van der Waals surface area (Å²) in [5.41, 5.74) is 2.20. The van der Waals surface area contributed by atoms with E-state index in [-0.39, 0.29) is 18.1 Å². The van der Waals surface area contributed by atoms with Crippen LogP contribution in [0.2, 0.25) is 0 Å². The van der Waals surface area contributed by atoms with E-state index >= 15 is 0 Å². The summed E-state index contributed by atoms with van der Waals surface area (Å²) in [6.07, 6.45) is 14.7. The van der Waals surface area contributed by atoms with Crippen molar-refractivity contribution in [2.75, 3.05) is 19.7 Å². The second kappa shape index (κ2) is 8.91. The third-order valence-corrected chi connectivity index (χ3v) is 11.9. The van der Waals surface area contributed by atoms with Gasteiger partial charge in [0.15, 0.2) is 0 Å². The van der Waals surface area contributed by atoms with Gasteiger partial charge in [0.25, 0.3) is 0 Å². The molecule has 5 rings (SSSR count). The van der Waals surface area contributed by atoms with Gasteiger partial charge in [0.05, 0.1) is 12.7 Å². The highest BCUT2D eigenvalue weighted by molar-refractivity contribution is 5.76. The maximum atomic E-state index is 12.9. The van der Waals surface area contributed by atoms with E-state index in [9.17, 15) is 15.0 Å². The molecule has 3 saturated carbocycles. The van der Waals surface area contributed by atoms with Crippen LogP contribution in [0.4, 0.5) is 0 Å². The predicted octanol–water partition coefficient (Wildman–Crippen LogP) is 5.57. The normalized spacial score (nSPS) is 46.9. The number of aliphatic hydroxyl groups is 2. The number of hydrogen-bond donors (Lipinski definition) is 2. The number of likely N-dealkylation sites (tertiary alicyclic amines) is 1. The van der Waals surface area contributed by atoms with Gasteiger partial charge >= 0.3 is 0 Å². The van der Waals surface area contributed by atoms with Gasteiger partial charge < -0.3 is 15.1 Å². The van der Waals surface area contributed by atoms with Crippen LogP contribution in [0, 0.1) is 45.8 Å². The molecular weight excluding hydrogens is 422 g/mol. The first-order valence-electron chi connectivity index (χ1n) is 14.4. The molecule has 192 valence electrons. The number of rotatable bonds is 5. The molecule has 4 nitrogen and oxygen atoms in total. The molecule has 1 heterocycles. The van der Waals surface area contributed by atoms with Gasteiger partial charge in [-0.3, -0.25) is 4.79 Å². The van der Waals surface area contributed by atoms with Crippen LogP contribution in [0.5, 0.6) is 0 Å². The molecular formula is C30H49NO3. The van der Waals surface area contributed by atoms with Crippen LogP contribution >= 0.6 is 0 Å². The number of amides is 1. The molecule has 5 aliphatic rings. The van der Waals surface area contributed by atoms with Gasteiger partial charge in [-0.05, 0) is 105 Å². The molecule has 0 aromatic rings. The van der Waals surface area contributed by atoms with Crippen molar-refractivity contribution in [1.82, 2.24) is 4.90 Å². The zero-order valence-corrected chi connectivity index (χ0v) is 22.2. The molecule has 0 aromatic heterocycles. The predicted molar refractivity (Wildman–Crippen MR) is 136 cm³/mol. The molecule has 4 fully saturated rings. The summed E-state index contributed by atoms with van der Waals surface area (Å²) < 4.78 is 0. The lowest BCUT2D eigenvalue weighted by Crippen LogP contribution is -2.50. The van der Waals surface area contributed by atoms with Crippen LogP contribution in [0.25, 0.3) is 0 Å². The summed E-state index contributed by atoms with van der Waals surface area (Å²) in [5.74, 6) is 4.05. The topological polar surface area (TPSA) is 60.8 Å². The monoisotopic (exact) mass is 471 g/mol. The first-order valence-corrected chi connectivity index (χ1v) is 14.4. The summed E-state index contributed by atoms with van der Waals surface area (Å²) >= 11 is 0. The zero-order chi connectivity index (χ0) is 24.3. The SMILES string of the molecule is CC(CCC(=O)N1CC[C@@](C)(CO)C1)[C@H]1CC[C@H]2[C@@H]3CC=C4C[C@@H](O)CC[C@]4(C)[C@H]3CC[C@]12C. The maximum absolute atomic E-state index is 12.9. The minimum Gasteiger partial charge on any atom is -0.396 e. The van der Waals surface area contributed by atoms with Crippen molar-refractivity contribution in [2.45, 2.75) is 104 Å². The Bertz CT molecular complexity index is 824.